The van der Waals surface area contributed by atoms with Crippen molar-refractivity contribution in [2.75, 3.05) is 11.4 Å². The van der Waals surface area contributed by atoms with Gasteiger partial charge in [0, 0.05) is 30.9 Å². The minimum absolute atomic E-state index is 0.129. The summed E-state index contributed by atoms with van der Waals surface area (Å²) in [5.41, 5.74) is 1.17. The van der Waals surface area contributed by atoms with Gasteiger partial charge in [-0.15, -0.1) is 0 Å². The number of likely N-dealkylation sites (tertiary alicyclic amines) is 1. The highest BCUT2D eigenvalue weighted by Crippen LogP contribution is 2.43. The van der Waals surface area contributed by atoms with Crippen LogP contribution in [0.15, 0.2) is 53.5 Å². The molecule has 0 radical (unpaired) electrons. The third kappa shape index (κ3) is 5.24. The first kappa shape index (κ1) is 25.7. The number of amidine groups is 1. The van der Waals surface area contributed by atoms with E-state index < -0.39 is 5.54 Å². The monoisotopic (exact) mass is 506 g/mol. The Bertz CT molecular complexity index is 1180. The quantitative estimate of drug-likeness (QED) is 0.500. The fourth-order valence-electron chi connectivity index (χ4n) is 6.12. The third-order valence-electron chi connectivity index (χ3n) is 8.08. The molecular formula is C30H39FN4O2. The van der Waals surface area contributed by atoms with Crippen LogP contribution in [0.3, 0.4) is 0 Å². The van der Waals surface area contributed by atoms with Crippen LogP contribution in [-0.4, -0.2) is 47.0 Å². The van der Waals surface area contributed by atoms with Crippen LogP contribution >= 0.6 is 0 Å². The minimum atomic E-state index is -0.604. The number of carbonyl (C=O) groups is 1. The molecule has 1 aliphatic carbocycles. The molecule has 2 aromatic rings. The van der Waals surface area contributed by atoms with Gasteiger partial charge in [0.15, 0.2) is 0 Å². The summed E-state index contributed by atoms with van der Waals surface area (Å²) >= 11 is 0. The van der Waals surface area contributed by atoms with Gasteiger partial charge in [-0.2, -0.15) is 4.99 Å². The molecule has 5 rings (SSSR count). The number of ether oxygens (including phenoxy) is 1. The molecule has 7 heteroatoms. The van der Waals surface area contributed by atoms with Gasteiger partial charge in [-0.05, 0) is 87.8 Å². The maximum Gasteiger partial charge on any atom is 0.350 e. The Hall–Kier alpha value is -2.93. The summed E-state index contributed by atoms with van der Waals surface area (Å²) in [5.74, 6) is 2.47. The number of hydrogen-bond donors (Lipinski definition) is 1. The van der Waals surface area contributed by atoms with Gasteiger partial charge in [-0.25, -0.2) is 9.18 Å². The molecule has 2 fully saturated rings. The zero-order valence-electron chi connectivity index (χ0n) is 22.6. The molecule has 2 heterocycles. The Morgan fingerprint density at radius 3 is 2.62 bits per heavy atom. The Balaban J connectivity index is 1.39. The molecule has 4 atom stereocenters. The van der Waals surface area contributed by atoms with E-state index in [-0.39, 0.29) is 24.0 Å². The molecule has 2 aliphatic heterocycles. The summed E-state index contributed by atoms with van der Waals surface area (Å²) in [4.78, 5) is 22.1. The zero-order chi connectivity index (χ0) is 26.3. The smallest absolute Gasteiger partial charge is 0.350 e. The number of hydrogen-bond acceptors (Lipinski definition) is 4. The molecule has 3 aliphatic rings. The minimum Gasteiger partial charge on any atom is -0.491 e. The molecule has 0 bridgehead atoms. The fourth-order valence-corrected chi connectivity index (χ4v) is 6.12. The van der Waals surface area contributed by atoms with E-state index in [4.69, 9.17) is 4.74 Å². The number of halogens is 1. The number of nitrogens with one attached hydrogen (secondary N) is 1. The first-order valence-corrected chi connectivity index (χ1v) is 13.6. The van der Waals surface area contributed by atoms with Crippen LogP contribution in [0, 0.1) is 17.7 Å². The van der Waals surface area contributed by atoms with Gasteiger partial charge in [0.05, 0.1) is 6.10 Å². The van der Waals surface area contributed by atoms with E-state index in [1.54, 1.807) is 11.0 Å². The molecule has 6 nitrogen and oxygen atoms in total. The number of carbonyl (C=O) groups excluding carboxylic acids is 1. The van der Waals surface area contributed by atoms with Crippen LogP contribution in [-0.2, 0) is 6.54 Å². The van der Waals surface area contributed by atoms with Crippen molar-refractivity contribution in [1.29, 1.82) is 0 Å². The summed E-state index contributed by atoms with van der Waals surface area (Å²) in [5, 5.41) is 3.66. The number of urea groups is 1. The molecule has 1 saturated carbocycles. The predicted octanol–water partition coefficient (Wildman–Crippen LogP) is 6.01. The van der Waals surface area contributed by atoms with Crippen LogP contribution in [0.4, 0.5) is 14.9 Å². The predicted molar refractivity (Wildman–Crippen MR) is 146 cm³/mol. The van der Waals surface area contributed by atoms with E-state index in [0.717, 1.165) is 43.9 Å². The lowest BCUT2D eigenvalue weighted by Crippen LogP contribution is -2.63. The molecule has 2 amide bonds. The van der Waals surface area contributed by atoms with Crippen molar-refractivity contribution >= 4 is 17.6 Å². The van der Waals surface area contributed by atoms with Gasteiger partial charge in [0.1, 0.15) is 22.9 Å². The lowest BCUT2D eigenvalue weighted by atomic mass is 9.80. The van der Waals surface area contributed by atoms with Crippen molar-refractivity contribution in [3.63, 3.8) is 0 Å². The van der Waals surface area contributed by atoms with Crippen LogP contribution in [0.5, 0.6) is 5.75 Å². The second kappa shape index (κ2) is 10.1. The molecule has 1 spiro atoms. The molecule has 2 aromatic carbocycles. The highest BCUT2D eigenvalue weighted by molar-refractivity contribution is 6.16. The number of amides is 2. The standard InChI is InChI=1S/C30H39FN4O2/c1-19(2)26-16-27(26)32-28-30(35(29(36)33-28)24-10-7-9-23(31)15-24)12-13-34(21(5)17-30)18-22-8-6-11-25(14-22)37-20(3)4/h6-11,14-15,19-21,26-27H,12-13,16-18H2,1-5H3,(H,32,33,36)/t21-,26?,27?,30+/m0/s1. The van der Waals surface area contributed by atoms with Gasteiger partial charge in [-0.3, -0.25) is 9.80 Å². The van der Waals surface area contributed by atoms with Gasteiger partial charge in [-0.1, -0.05) is 32.0 Å². The molecule has 0 aromatic heterocycles. The number of nitrogens with zero attached hydrogens (tertiary/aromatic N) is 3. The highest BCUT2D eigenvalue weighted by Gasteiger charge is 2.55. The van der Waals surface area contributed by atoms with E-state index in [1.807, 2.05) is 32.0 Å². The van der Waals surface area contributed by atoms with E-state index >= 15 is 0 Å². The highest BCUT2D eigenvalue weighted by atomic mass is 19.1. The van der Waals surface area contributed by atoms with E-state index in [2.05, 4.69) is 48.1 Å². The normalized spacial score (nSPS) is 27.8. The van der Waals surface area contributed by atoms with Crippen LogP contribution in [0.1, 0.15) is 59.4 Å². The zero-order valence-corrected chi connectivity index (χ0v) is 22.6. The van der Waals surface area contributed by atoms with Crippen LogP contribution in [0.25, 0.3) is 0 Å². The molecule has 198 valence electrons. The van der Waals surface area contributed by atoms with E-state index in [1.165, 1.54) is 17.7 Å². The van der Waals surface area contributed by atoms with Crippen LogP contribution in [0.2, 0.25) is 0 Å². The molecule has 1 saturated heterocycles. The Morgan fingerprint density at radius 2 is 1.95 bits per heavy atom. The lowest BCUT2D eigenvalue weighted by Gasteiger charge is -2.48. The largest absolute Gasteiger partial charge is 0.491 e. The van der Waals surface area contributed by atoms with Gasteiger partial charge >= 0.3 is 6.03 Å². The van der Waals surface area contributed by atoms with Crippen molar-refractivity contribution in [1.82, 2.24) is 10.2 Å². The number of benzene rings is 2. The molecule has 37 heavy (non-hydrogen) atoms. The summed E-state index contributed by atoms with van der Waals surface area (Å²) in [7, 11) is 0. The number of rotatable bonds is 7. The summed E-state index contributed by atoms with van der Waals surface area (Å²) < 4.78 is 20.1. The second-order valence-electron chi connectivity index (χ2n) is 11.6. The molecule has 1 N–H and O–H groups in total. The van der Waals surface area contributed by atoms with Crippen LogP contribution < -0.4 is 15.0 Å². The van der Waals surface area contributed by atoms with Crippen molar-refractivity contribution in [3.8, 4) is 5.75 Å². The van der Waals surface area contributed by atoms with E-state index in [0.29, 0.717) is 23.6 Å². The SMILES string of the molecule is CC(C)Oc1cccc(CN2CC[C@@]3(C[C@@H]2C)C(NC2CC2C(C)C)=NC(=O)N3c2cccc(F)c2)c1. The second-order valence-corrected chi connectivity index (χ2v) is 11.6. The van der Waals surface area contributed by atoms with Gasteiger partial charge < -0.3 is 10.1 Å². The van der Waals surface area contributed by atoms with E-state index in [9.17, 15) is 9.18 Å². The Morgan fingerprint density at radius 1 is 1.16 bits per heavy atom. The number of piperidine rings is 1. The molecular weight excluding hydrogens is 467 g/mol. The average Bonchev–Trinajstić information content (AvgIpc) is 3.55. The first-order valence-electron chi connectivity index (χ1n) is 13.6. The summed E-state index contributed by atoms with van der Waals surface area (Å²) in [6.07, 6.45) is 2.68. The Labute approximate surface area is 219 Å². The number of aliphatic imine (C=N–C) groups is 1. The molecule has 2 unspecified atom stereocenters. The van der Waals surface area contributed by atoms with Gasteiger partial charge in [0.2, 0.25) is 0 Å². The topological polar surface area (TPSA) is 57.2 Å². The van der Waals surface area contributed by atoms with Crippen molar-refractivity contribution in [2.45, 2.75) is 84.2 Å². The summed E-state index contributed by atoms with van der Waals surface area (Å²) in [6, 6.07) is 14.8. The van der Waals surface area contributed by atoms with Crippen molar-refractivity contribution in [3.05, 3.63) is 59.9 Å². The van der Waals surface area contributed by atoms with Crippen molar-refractivity contribution in [2.24, 2.45) is 16.8 Å². The first-order chi connectivity index (χ1) is 17.7. The van der Waals surface area contributed by atoms with Crippen molar-refractivity contribution < 1.29 is 13.9 Å². The maximum atomic E-state index is 14.2. The number of anilines is 1. The third-order valence-corrected chi connectivity index (χ3v) is 8.08. The fraction of sp³-hybridized carbons (Fsp3) is 0.533. The average molecular weight is 507 g/mol. The maximum absolute atomic E-state index is 14.2. The Kier molecular flexibility index (Phi) is 7.01. The lowest BCUT2D eigenvalue weighted by molar-refractivity contribution is 0.122. The summed E-state index contributed by atoms with van der Waals surface area (Å²) in [6.45, 7) is 12.4. The van der Waals surface area contributed by atoms with Gasteiger partial charge in [0.25, 0.3) is 0 Å².